The second-order valence-electron chi connectivity index (χ2n) is 3.50. The van der Waals surface area contributed by atoms with Crippen LogP contribution in [0.1, 0.15) is 5.56 Å². The minimum Gasteiger partial charge on any atom is -0.480 e. The molecule has 0 aliphatic rings. The second-order valence-corrected chi connectivity index (χ2v) is 5.11. The average Bonchev–Trinajstić information content (AvgIpc) is 2.26. The quantitative estimate of drug-likeness (QED) is 0.727. The van der Waals surface area contributed by atoms with E-state index >= 15 is 0 Å². The third-order valence-corrected chi connectivity index (χ3v) is 3.33. The zero-order valence-corrected chi connectivity index (χ0v) is 9.98. The Morgan fingerprint density at radius 1 is 1.41 bits per heavy atom. The van der Waals surface area contributed by atoms with Gasteiger partial charge in [-0.2, -0.15) is 8.42 Å². The van der Waals surface area contributed by atoms with Crippen LogP contribution in [0.5, 0.6) is 0 Å². The summed E-state index contributed by atoms with van der Waals surface area (Å²) in [5.74, 6) is -1.32. The molecule has 0 amide bonds. The van der Waals surface area contributed by atoms with E-state index in [0.717, 1.165) is 5.56 Å². The molecule has 0 heterocycles. The molecular formula is C10H13NO5S. The van der Waals surface area contributed by atoms with Gasteiger partial charge in [0.15, 0.2) is 0 Å². The SMILES string of the molecule is Cc1ccc(S(=O)(=O)OC[C@H](N)C(=O)O)cc1. The maximum Gasteiger partial charge on any atom is 0.322 e. The summed E-state index contributed by atoms with van der Waals surface area (Å²) in [6.45, 7) is 1.23. The summed E-state index contributed by atoms with van der Waals surface area (Å²) in [5, 5.41) is 8.49. The fourth-order valence-corrected chi connectivity index (χ4v) is 1.94. The van der Waals surface area contributed by atoms with E-state index in [2.05, 4.69) is 4.18 Å². The molecule has 0 radical (unpaired) electrons. The largest absolute Gasteiger partial charge is 0.480 e. The lowest BCUT2D eigenvalue weighted by Crippen LogP contribution is -2.35. The highest BCUT2D eigenvalue weighted by Gasteiger charge is 2.19. The Kier molecular flexibility index (Phi) is 4.22. The van der Waals surface area contributed by atoms with E-state index in [0.29, 0.717) is 0 Å². The van der Waals surface area contributed by atoms with Crippen LogP contribution in [-0.2, 0) is 19.1 Å². The van der Waals surface area contributed by atoms with Gasteiger partial charge in [-0.15, -0.1) is 0 Å². The summed E-state index contributed by atoms with van der Waals surface area (Å²) >= 11 is 0. The first-order chi connectivity index (χ1) is 7.83. The van der Waals surface area contributed by atoms with Crippen molar-refractivity contribution in [2.45, 2.75) is 17.9 Å². The van der Waals surface area contributed by atoms with Crippen LogP contribution in [0, 0.1) is 6.92 Å². The first kappa shape index (κ1) is 13.6. The number of benzene rings is 1. The first-order valence-corrected chi connectivity index (χ1v) is 6.18. The van der Waals surface area contributed by atoms with E-state index in [4.69, 9.17) is 10.8 Å². The minimum absolute atomic E-state index is 0.0271. The number of aryl methyl sites for hydroxylation is 1. The molecule has 1 aromatic carbocycles. The molecule has 0 aromatic heterocycles. The highest BCUT2D eigenvalue weighted by molar-refractivity contribution is 7.86. The molecule has 0 unspecified atom stereocenters. The summed E-state index contributed by atoms with van der Waals surface area (Å²) in [6.07, 6.45) is 0. The molecule has 0 spiro atoms. The predicted octanol–water partition coefficient (Wildman–Crippen LogP) is 0.112. The van der Waals surface area contributed by atoms with Crippen molar-refractivity contribution in [1.29, 1.82) is 0 Å². The van der Waals surface area contributed by atoms with Crippen molar-refractivity contribution >= 4 is 16.1 Å². The predicted molar refractivity (Wildman–Crippen MR) is 59.9 cm³/mol. The summed E-state index contributed by atoms with van der Waals surface area (Å²) in [4.78, 5) is 10.4. The Labute approximate surface area is 99.1 Å². The van der Waals surface area contributed by atoms with Gasteiger partial charge in [0, 0.05) is 0 Å². The van der Waals surface area contributed by atoms with Gasteiger partial charge in [0.25, 0.3) is 10.1 Å². The summed E-state index contributed by atoms with van der Waals surface area (Å²) < 4.78 is 27.7. The summed E-state index contributed by atoms with van der Waals surface area (Å²) in [5.41, 5.74) is 6.05. The van der Waals surface area contributed by atoms with Crippen LogP contribution < -0.4 is 5.73 Å². The molecule has 6 nitrogen and oxygen atoms in total. The Morgan fingerprint density at radius 3 is 2.41 bits per heavy atom. The van der Waals surface area contributed by atoms with Crippen LogP contribution in [-0.4, -0.2) is 32.1 Å². The van der Waals surface area contributed by atoms with Gasteiger partial charge in [0.2, 0.25) is 0 Å². The number of carboxylic acid groups (broad SMARTS) is 1. The van der Waals surface area contributed by atoms with Crippen molar-refractivity contribution in [2.24, 2.45) is 5.73 Å². The van der Waals surface area contributed by atoms with E-state index in [1.807, 2.05) is 6.92 Å². The number of carbonyl (C=O) groups is 1. The first-order valence-electron chi connectivity index (χ1n) is 4.77. The molecule has 1 rings (SSSR count). The Balaban J connectivity index is 2.76. The van der Waals surface area contributed by atoms with Crippen molar-refractivity contribution in [3.63, 3.8) is 0 Å². The molecule has 0 aliphatic carbocycles. The molecule has 1 aromatic rings. The van der Waals surface area contributed by atoms with Crippen molar-refractivity contribution < 1.29 is 22.5 Å². The second kappa shape index (κ2) is 5.26. The van der Waals surface area contributed by atoms with Crippen LogP contribution >= 0.6 is 0 Å². The zero-order valence-electron chi connectivity index (χ0n) is 9.16. The van der Waals surface area contributed by atoms with Gasteiger partial charge in [-0.3, -0.25) is 8.98 Å². The van der Waals surface area contributed by atoms with E-state index in [9.17, 15) is 13.2 Å². The normalized spacial score (nSPS) is 13.3. The smallest absolute Gasteiger partial charge is 0.322 e. The van der Waals surface area contributed by atoms with E-state index in [-0.39, 0.29) is 4.90 Å². The van der Waals surface area contributed by atoms with Crippen LogP contribution in [0.4, 0.5) is 0 Å². The van der Waals surface area contributed by atoms with E-state index < -0.39 is 28.7 Å². The highest BCUT2D eigenvalue weighted by Crippen LogP contribution is 2.13. The van der Waals surface area contributed by atoms with Crippen LogP contribution in [0.2, 0.25) is 0 Å². The zero-order chi connectivity index (χ0) is 13.1. The van der Waals surface area contributed by atoms with Crippen LogP contribution in [0.15, 0.2) is 29.2 Å². The van der Waals surface area contributed by atoms with Crippen LogP contribution in [0.3, 0.4) is 0 Å². The number of rotatable bonds is 5. The van der Waals surface area contributed by atoms with Gasteiger partial charge >= 0.3 is 5.97 Å². The Bertz CT molecular complexity index is 494. The Morgan fingerprint density at radius 2 is 1.94 bits per heavy atom. The highest BCUT2D eigenvalue weighted by atomic mass is 32.2. The third kappa shape index (κ3) is 3.81. The molecule has 0 aliphatic heterocycles. The molecule has 17 heavy (non-hydrogen) atoms. The fourth-order valence-electron chi connectivity index (χ4n) is 1.01. The third-order valence-electron chi connectivity index (χ3n) is 2.03. The topological polar surface area (TPSA) is 107 Å². The molecular weight excluding hydrogens is 246 g/mol. The summed E-state index contributed by atoms with van der Waals surface area (Å²) in [6, 6.07) is 4.64. The van der Waals surface area contributed by atoms with Gasteiger partial charge in [-0.25, -0.2) is 0 Å². The molecule has 3 N–H and O–H groups in total. The van der Waals surface area contributed by atoms with Crippen molar-refractivity contribution in [1.82, 2.24) is 0 Å². The molecule has 1 atom stereocenters. The monoisotopic (exact) mass is 259 g/mol. The molecule has 0 saturated heterocycles. The van der Waals surface area contributed by atoms with E-state index in [1.54, 1.807) is 12.1 Å². The lowest BCUT2D eigenvalue weighted by atomic mass is 10.2. The van der Waals surface area contributed by atoms with Gasteiger partial charge in [-0.05, 0) is 19.1 Å². The molecule has 0 saturated carbocycles. The van der Waals surface area contributed by atoms with Gasteiger partial charge in [0.1, 0.15) is 6.04 Å². The van der Waals surface area contributed by atoms with Gasteiger partial charge in [0.05, 0.1) is 11.5 Å². The molecule has 0 fully saturated rings. The molecule has 0 bridgehead atoms. The average molecular weight is 259 g/mol. The van der Waals surface area contributed by atoms with Gasteiger partial charge < -0.3 is 10.8 Å². The fraction of sp³-hybridized carbons (Fsp3) is 0.300. The number of hydrogen-bond donors (Lipinski definition) is 2. The number of nitrogens with two attached hydrogens (primary N) is 1. The van der Waals surface area contributed by atoms with Crippen molar-refractivity contribution in [3.05, 3.63) is 29.8 Å². The lowest BCUT2D eigenvalue weighted by Gasteiger charge is -2.08. The van der Waals surface area contributed by atoms with Crippen molar-refractivity contribution in [3.8, 4) is 0 Å². The summed E-state index contributed by atoms with van der Waals surface area (Å²) in [7, 11) is -3.95. The lowest BCUT2D eigenvalue weighted by molar-refractivity contribution is -0.139. The molecule has 7 heteroatoms. The minimum atomic E-state index is -3.95. The Hall–Kier alpha value is -1.44. The standard InChI is InChI=1S/C10H13NO5S/c1-7-2-4-8(5-3-7)17(14,15)16-6-9(11)10(12)13/h2-5,9H,6,11H2,1H3,(H,12,13)/t9-/m0/s1. The maximum absolute atomic E-state index is 11.6. The van der Waals surface area contributed by atoms with E-state index in [1.165, 1.54) is 12.1 Å². The molecule has 94 valence electrons. The maximum atomic E-state index is 11.6. The number of aliphatic carboxylic acids is 1. The number of hydrogen-bond acceptors (Lipinski definition) is 5. The van der Waals surface area contributed by atoms with Crippen molar-refractivity contribution in [2.75, 3.05) is 6.61 Å². The van der Waals surface area contributed by atoms with Gasteiger partial charge in [-0.1, -0.05) is 17.7 Å². The van der Waals surface area contributed by atoms with Crippen LogP contribution in [0.25, 0.3) is 0 Å². The number of carboxylic acids is 1.